The molecule has 5 rings (SSSR count). The maximum atomic E-state index is 12.6. The average Bonchev–Trinajstić information content (AvgIpc) is 3.29. The summed E-state index contributed by atoms with van der Waals surface area (Å²) in [5.41, 5.74) is 4.16. The highest BCUT2D eigenvalue weighted by Gasteiger charge is 2.17. The molecule has 3 heterocycles. The van der Waals surface area contributed by atoms with Crippen LogP contribution in [0.2, 0.25) is 0 Å². The molecule has 0 saturated carbocycles. The number of nitrogens with zero attached hydrogens (tertiary/aromatic N) is 5. The second-order valence-electron chi connectivity index (χ2n) is 6.86. The van der Waals surface area contributed by atoms with Gasteiger partial charge in [-0.2, -0.15) is 5.10 Å². The van der Waals surface area contributed by atoms with Crippen LogP contribution >= 0.6 is 0 Å². The Morgan fingerprint density at radius 1 is 1.00 bits per heavy atom. The van der Waals surface area contributed by atoms with E-state index in [0.717, 1.165) is 33.2 Å². The van der Waals surface area contributed by atoms with Crippen molar-refractivity contribution >= 4 is 21.8 Å². The van der Waals surface area contributed by atoms with E-state index >= 15 is 0 Å². The van der Waals surface area contributed by atoms with Gasteiger partial charge in [0.1, 0.15) is 11.2 Å². The quantitative estimate of drug-likeness (QED) is 0.527. The van der Waals surface area contributed by atoms with Crippen molar-refractivity contribution in [2.45, 2.75) is 20.0 Å². The van der Waals surface area contributed by atoms with Crippen LogP contribution in [0, 0.1) is 6.92 Å². The van der Waals surface area contributed by atoms with E-state index in [1.165, 1.54) is 0 Å². The number of rotatable bonds is 4. The van der Waals surface area contributed by atoms with Crippen LogP contribution < -0.4 is 5.56 Å². The molecular formula is C21H18N6O. The third-order valence-electron chi connectivity index (χ3n) is 4.97. The fourth-order valence-electron chi connectivity index (χ4n) is 3.73. The molecule has 1 N–H and O–H groups in total. The predicted molar refractivity (Wildman–Crippen MR) is 107 cm³/mol. The van der Waals surface area contributed by atoms with Crippen molar-refractivity contribution in [3.05, 3.63) is 88.1 Å². The number of aryl methyl sites for hydroxylation is 1. The topological polar surface area (TPSA) is 81.4 Å². The summed E-state index contributed by atoms with van der Waals surface area (Å²) in [7, 11) is 0. The van der Waals surface area contributed by atoms with Crippen LogP contribution in [0.3, 0.4) is 0 Å². The van der Waals surface area contributed by atoms with Gasteiger partial charge in [-0.1, -0.05) is 53.7 Å². The van der Waals surface area contributed by atoms with Crippen molar-refractivity contribution in [3.63, 3.8) is 0 Å². The van der Waals surface area contributed by atoms with E-state index in [-0.39, 0.29) is 5.56 Å². The highest BCUT2D eigenvalue weighted by molar-refractivity contribution is 6.08. The zero-order chi connectivity index (χ0) is 19.1. The molecule has 2 aromatic carbocycles. The van der Waals surface area contributed by atoms with E-state index in [9.17, 15) is 4.79 Å². The van der Waals surface area contributed by atoms with Gasteiger partial charge in [0.2, 0.25) is 0 Å². The van der Waals surface area contributed by atoms with Crippen LogP contribution in [0.1, 0.15) is 17.0 Å². The molecule has 138 valence electrons. The number of hydrogen-bond donors (Lipinski definition) is 1. The van der Waals surface area contributed by atoms with Gasteiger partial charge in [-0.15, -0.1) is 5.10 Å². The van der Waals surface area contributed by atoms with Crippen molar-refractivity contribution < 1.29 is 0 Å². The maximum absolute atomic E-state index is 12.6. The van der Waals surface area contributed by atoms with E-state index in [4.69, 9.17) is 0 Å². The molecule has 0 aliphatic carbocycles. The molecule has 0 atom stereocenters. The molecule has 0 unspecified atom stereocenters. The van der Waals surface area contributed by atoms with Gasteiger partial charge in [0, 0.05) is 16.3 Å². The summed E-state index contributed by atoms with van der Waals surface area (Å²) in [5.74, 6) is 0. The van der Waals surface area contributed by atoms with E-state index < -0.39 is 0 Å². The first kappa shape index (κ1) is 16.4. The minimum atomic E-state index is -0.200. The first-order valence-electron chi connectivity index (χ1n) is 9.10. The maximum Gasteiger partial charge on any atom is 0.288 e. The molecule has 0 spiro atoms. The first-order valence-corrected chi connectivity index (χ1v) is 9.10. The summed E-state index contributed by atoms with van der Waals surface area (Å²) in [5, 5.41) is 17.2. The lowest BCUT2D eigenvalue weighted by molar-refractivity contribution is 0.649. The number of aromatic nitrogens is 6. The number of aromatic amines is 1. The largest absolute Gasteiger partial charge is 0.330 e. The summed E-state index contributed by atoms with van der Waals surface area (Å²) in [4.78, 5) is 12.6. The van der Waals surface area contributed by atoms with Gasteiger partial charge in [0.15, 0.2) is 0 Å². The number of H-pyrrole nitrogens is 1. The standard InChI is InChI=1S/C21H18N6O/c1-14-19-17-9-5-6-10-18(17)27(20(19)21(28)24-22-14)13-16-12-26(25-23-16)11-15-7-3-2-4-8-15/h2-10,12H,11,13H2,1H3,(H,24,28). The lowest BCUT2D eigenvalue weighted by Crippen LogP contribution is -2.14. The zero-order valence-electron chi connectivity index (χ0n) is 15.3. The van der Waals surface area contributed by atoms with Gasteiger partial charge in [-0.3, -0.25) is 4.79 Å². The Morgan fingerprint density at radius 3 is 2.64 bits per heavy atom. The van der Waals surface area contributed by atoms with E-state index in [1.807, 2.05) is 64.8 Å². The smallest absolute Gasteiger partial charge is 0.288 e. The fraction of sp³-hybridized carbons (Fsp3) is 0.143. The predicted octanol–water partition coefficient (Wildman–Crippen LogP) is 2.87. The minimum absolute atomic E-state index is 0.200. The SMILES string of the molecule is Cc1n[nH]c(=O)c2c1c1ccccc1n2Cc1cn(Cc2ccccc2)nn1. The molecule has 0 aliphatic heterocycles. The second kappa shape index (κ2) is 6.45. The summed E-state index contributed by atoms with van der Waals surface area (Å²) in [6.45, 7) is 3.03. The van der Waals surface area contributed by atoms with E-state index in [1.54, 1.807) is 0 Å². The van der Waals surface area contributed by atoms with E-state index in [2.05, 4.69) is 32.6 Å². The third-order valence-corrected chi connectivity index (χ3v) is 4.97. The lowest BCUT2D eigenvalue weighted by Gasteiger charge is -2.04. The molecule has 0 aliphatic rings. The summed E-state index contributed by atoms with van der Waals surface area (Å²) in [6, 6.07) is 18.1. The molecule has 0 amide bonds. The van der Waals surface area contributed by atoms with Gasteiger partial charge in [0.25, 0.3) is 5.56 Å². The normalized spacial score (nSPS) is 11.5. The Labute approximate surface area is 160 Å². The summed E-state index contributed by atoms with van der Waals surface area (Å²) >= 11 is 0. The van der Waals surface area contributed by atoms with Crippen LogP contribution in [0.15, 0.2) is 65.6 Å². The molecule has 0 bridgehead atoms. The van der Waals surface area contributed by atoms with Crippen LogP contribution in [0.5, 0.6) is 0 Å². The molecule has 0 radical (unpaired) electrons. The Hall–Kier alpha value is -3.74. The molecule has 5 aromatic rings. The fourth-order valence-corrected chi connectivity index (χ4v) is 3.73. The molecule has 28 heavy (non-hydrogen) atoms. The summed E-state index contributed by atoms with van der Waals surface area (Å²) in [6.07, 6.45) is 1.93. The van der Waals surface area contributed by atoms with Crippen molar-refractivity contribution in [2.75, 3.05) is 0 Å². The summed E-state index contributed by atoms with van der Waals surface area (Å²) < 4.78 is 3.81. The number of nitrogens with one attached hydrogen (secondary N) is 1. The van der Waals surface area contributed by atoms with Crippen LogP contribution in [0.4, 0.5) is 0 Å². The molecule has 7 nitrogen and oxygen atoms in total. The van der Waals surface area contributed by atoms with Crippen molar-refractivity contribution in [1.29, 1.82) is 0 Å². The minimum Gasteiger partial charge on any atom is -0.330 e. The van der Waals surface area contributed by atoms with E-state index in [0.29, 0.717) is 18.6 Å². The van der Waals surface area contributed by atoms with Crippen molar-refractivity contribution in [1.82, 2.24) is 29.8 Å². The number of para-hydroxylation sites is 1. The van der Waals surface area contributed by atoms with Crippen LogP contribution in [0.25, 0.3) is 21.8 Å². The molecule has 3 aromatic heterocycles. The Balaban J connectivity index is 1.59. The molecule has 0 saturated heterocycles. The average molecular weight is 370 g/mol. The molecule has 0 fully saturated rings. The van der Waals surface area contributed by atoms with Crippen LogP contribution in [-0.4, -0.2) is 29.8 Å². The Morgan fingerprint density at radius 2 is 1.79 bits per heavy atom. The van der Waals surface area contributed by atoms with Gasteiger partial charge < -0.3 is 4.57 Å². The highest BCUT2D eigenvalue weighted by atomic mass is 16.1. The third kappa shape index (κ3) is 2.68. The van der Waals surface area contributed by atoms with Gasteiger partial charge >= 0.3 is 0 Å². The Bertz CT molecular complexity index is 1350. The first-order chi connectivity index (χ1) is 13.7. The van der Waals surface area contributed by atoms with Crippen molar-refractivity contribution in [3.8, 4) is 0 Å². The highest BCUT2D eigenvalue weighted by Crippen LogP contribution is 2.28. The number of benzene rings is 2. The number of fused-ring (bicyclic) bond motifs is 3. The van der Waals surface area contributed by atoms with Gasteiger partial charge in [-0.25, -0.2) is 9.78 Å². The number of hydrogen-bond acceptors (Lipinski definition) is 4. The molecule has 7 heteroatoms. The zero-order valence-corrected chi connectivity index (χ0v) is 15.3. The van der Waals surface area contributed by atoms with Gasteiger partial charge in [-0.05, 0) is 18.6 Å². The second-order valence-corrected chi connectivity index (χ2v) is 6.86. The van der Waals surface area contributed by atoms with Crippen LogP contribution in [-0.2, 0) is 13.1 Å². The van der Waals surface area contributed by atoms with Crippen molar-refractivity contribution in [2.24, 2.45) is 0 Å². The van der Waals surface area contributed by atoms with Gasteiger partial charge in [0.05, 0.1) is 25.0 Å². The monoisotopic (exact) mass is 370 g/mol. The Kier molecular flexibility index (Phi) is 3.79. The molecular weight excluding hydrogens is 352 g/mol. The lowest BCUT2D eigenvalue weighted by atomic mass is 10.1.